The van der Waals surface area contributed by atoms with Gasteiger partial charge in [-0.15, -0.1) is 10.2 Å². The van der Waals surface area contributed by atoms with E-state index in [0.29, 0.717) is 16.8 Å². The number of thioether (sulfide) groups is 1. The molecule has 0 spiro atoms. The summed E-state index contributed by atoms with van der Waals surface area (Å²) in [5, 5.41) is 12.2. The van der Waals surface area contributed by atoms with Crippen LogP contribution < -0.4 is 5.32 Å². The lowest BCUT2D eigenvalue weighted by Gasteiger charge is -2.11. The lowest BCUT2D eigenvalue weighted by molar-refractivity contribution is -0.115. The van der Waals surface area contributed by atoms with E-state index < -0.39 is 0 Å². The van der Waals surface area contributed by atoms with Crippen molar-refractivity contribution >= 4 is 35.1 Å². The van der Waals surface area contributed by atoms with Gasteiger partial charge in [0.15, 0.2) is 5.16 Å². The van der Waals surface area contributed by atoms with Gasteiger partial charge in [-0.1, -0.05) is 23.4 Å². The average molecular weight is 338 g/mol. The topological polar surface area (TPSA) is 72.7 Å². The van der Waals surface area contributed by atoms with Gasteiger partial charge in [0.1, 0.15) is 11.6 Å². The van der Waals surface area contributed by atoms with Gasteiger partial charge in [-0.3, -0.25) is 4.79 Å². The maximum atomic E-state index is 12.2. The highest BCUT2D eigenvalue weighted by Crippen LogP contribution is 2.39. The van der Waals surface area contributed by atoms with Crippen LogP contribution in [0.15, 0.2) is 23.5 Å². The molecule has 0 saturated heterocycles. The SMILES string of the molecule is C[C@H](Sc1nnc(C2CC2)n1C)C(=O)Nc1ccc(Cl)cn1. The van der Waals surface area contributed by atoms with Crippen molar-refractivity contribution < 1.29 is 4.79 Å². The number of carbonyl (C=O) groups is 1. The van der Waals surface area contributed by atoms with E-state index >= 15 is 0 Å². The van der Waals surface area contributed by atoms with E-state index in [0.717, 1.165) is 11.0 Å². The number of pyridine rings is 1. The van der Waals surface area contributed by atoms with E-state index in [-0.39, 0.29) is 11.2 Å². The van der Waals surface area contributed by atoms with E-state index in [9.17, 15) is 4.79 Å². The number of anilines is 1. The third kappa shape index (κ3) is 3.41. The minimum absolute atomic E-state index is 0.129. The normalized spacial score (nSPS) is 15.6. The fraction of sp³-hybridized carbons (Fsp3) is 0.429. The molecular weight excluding hydrogens is 322 g/mol. The van der Waals surface area contributed by atoms with Gasteiger partial charge >= 0.3 is 0 Å². The van der Waals surface area contributed by atoms with Crippen molar-refractivity contribution in [3.63, 3.8) is 0 Å². The lowest BCUT2D eigenvalue weighted by Crippen LogP contribution is -2.23. The Bertz CT molecular complexity index is 683. The first-order valence-electron chi connectivity index (χ1n) is 7.03. The van der Waals surface area contributed by atoms with Crippen molar-refractivity contribution in [2.75, 3.05) is 5.32 Å². The molecule has 116 valence electrons. The first kappa shape index (κ1) is 15.3. The summed E-state index contributed by atoms with van der Waals surface area (Å²) in [4.78, 5) is 16.3. The van der Waals surface area contributed by atoms with E-state index in [2.05, 4.69) is 20.5 Å². The molecule has 2 aromatic heterocycles. The van der Waals surface area contributed by atoms with Crippen molar-refractivity contribution in [1.82, 2.24) is 19.7 Å². The van der Waals surface area contributed by atoms with Crippen LogP contribution in [0.3, 0.4) is 0 Å². The molecule has 22 heavy (non-hydrogen) atoms. The molecule has 0 aromatic carbocycles. The number of carbonyl (C=O) groups excluding carboxylic acids is 1. The fourth-order valence-electron chi connectivity index (χ4n) is 2.02. The molecule has 1 amide bonds. The second-order valence-corrected chi connectivity index (χ2v) is 7.03. The molecule has 6 nitrogen and oxygen atoms in total. The average Bonchev–Trinajstić information content (AvgIpc) is 3.27. The van der Waals surface area contributed by atoms with Crippen LogP contribution in [0.25, 0.3) is 0 Å². The van der Waals surface area contributed by atoms with Gasteiger partial charge in [-0.2, -0.15) is 0 Å². The second-order valence-electron chi connectivity index (χ2n) is 5.29. The molecule has 1 fully saturated rings. The molecule has 0 unspecified atom stereocenters. The summed E-state index contributed by atoms with van der Waals surface area (Å²) in [6.45, 7) is 1.83. The molecular formula is C14H16ClN5OS. The minimum atomic E-state index is -0.299. The Morgan fingerprint density at radius 3 is 2.86 bits per heavy atom. The Kier molecular flexibility index (Phi) is 4.35. The van der Waals surface area contributed by atoms with Gasteiger partial charge in [0.25, 0.3) is 0 Å². The monoisotopic (exact) mass is 337 g/mol. The maximum absolute atomic E-state index is 12.2. The number of hydrogen-bond acceptors (Lipinski definition) is 5. The van der Waals surface area contributed by atoms with Crippen molar-refractivity contribution in [3.05, 3.63) is 29.2 Å². The highest BCUT2D eigenvalue weighted by atomic mass is 35.5. The Hall–Kier alpha value is -1.60. The zero-order valence-corrected chi connectivity index (χ0v) is 13.9. The smallest absolute Gasteiger partial charge is 0.238 e. The lowest BCUT2D eigenvalue weighted by atomic mass is 10.4. The first-order valence-corrected chi connectivity index (χ1v) is 8.28. The largest absolute Gasteiger partial charge is 0.310 e. The van der Waals surface area contributed by atoms with Crippen molar-refractivity contribution in [2.24, 2.45) is 7.05 Å². The summed E-state index contributed by atoms with van der Waals surface area (Å²) in [6.07, 6.45) is 3.85. The van der Waals surface area contributed by atoms with Crippen molar-refractivity contribution in [1.29, 1.82) is 0 Å². The Morgan fingerprint density at radius 2 is 2.23 bits per heavy atom. The number of halogens is 1. The van der Waals surface area contributed by atoms with E-state index in [1.54, 1.807) is 12.1 Å². The number of nitrogens with zero attached hydrogens (tertiary/aromatic N) is 4. The zero-order valence-electron chi connectivity index (χ0n) is 12.3. The highest BCUT2D eigenvalue weighted by Gasteiger charge is 2.30. The van der Waals surface area contributed by atoms with Crippen LogP contribution in [0.1, 0.15) is 31.5 Å². The van der Waals surface area contributed by atoms with Crippen LogP contribution in [0.2, 0.25) is 5.02 Å². The summed E-state index contributed by atoms with van der Waals surface area (Å²) >= 11 is 7.16. The highest BCUT2D eigenvalue weighted by molar-refractivity contribution is 8.00. The number of rotatable bonds is 5. The predicted octanol–water partition coefficient (Wildman–Crippen LogP) is 2.86. The van der Waals surface area contributed by atoms with Crippen LogP contribution >= 0.6 is 23.4 Å². The summed E-state index contributed by atoms with van der Waals surface area (Å²) < 4.78 is 1.98. The van der Waals surface area contributed by atoms with E-state index in [4.69, 9.17) is 11.6 Å². The van der Waals surface area contributed by atoms with Gasteiger partial charge in [0, 0.05) is 19.2 Å². The molecule has 1 atom stereocenters. The minimum Gasteiger partial charge on any atom is -0.310 e. The summed E-state index contributed by atoms with van der Waals surface area (Å²) in [5.41, 5.74) is 0. The summed E-state index contributed by atoms with van der Waals surface area (Å²) in [5.74, 6) is 1.90. The van der Waals surface area contributed by atoms with Gasteiger partial charge in [0.2, 0.25) is 5.91 Å². The molecule has 3 rings (SSSR count). The quantitative estimate of drug-likeness (QED) is 0.849. The number of hydrogen-bond donors (Lipinski definition) is 1. The number of nitrogens with one attached hydrogen (secondary N) is 1. The molecule has 1 aliphatic carbocycles. The molecule has 0 bridgehead atoms. The fourth-order valence-corrected chi connectivity index (χ4v) is 2.95. The van der Waals surface area contributed by atoms with Gasteiger partial charge < -0.3 is 9.88 Å². The second kappa shape index (κ2) is 6.26. The van der Waals surface area contributed by atoms with Gasteiger partial charge in [-0.25, -0.2) is 4.98 Å². The predicted molar refractivity (Wildman–Crippen MR) is 86.2 cm³/mol. The molecule has 2 heterocycles. The molecule has 2 aromatic rings. The van der Waals surface area contributed by atoms with E-state index in [1.165, 1.54) is 30.8 Å². The third-order valence-electron chi connectivity index (χ3n) is 3.44. The molecule has 1 N–H and O–H groups in total. The zero-order chi connectivity index (χ0) is 15.7. The molecule has 0 aliphatic heterocycles. The molecule has 8 heteroatoms. The molecule has 0 radical (unpaired) electrons. The molecule has 1 saturated carbocycles. The summed E-state index contributed by atoms with van der Waals surface area (Å²) in [6, 6.07) is 3.36. The third-order valence-corrected chi connectivity index (χ3v) is 4.80. The van der Waals surface area contributed by atoms with E-state index in [1.807, 2.05) is 18.5 Å². The molecule has 1 aliphatic rings. The number of amides is 1. The van der Waals surface area contributed by atoms with Crippen LogP contribution in [0.4, 0.5) is 5.82 Å². The van der Waals surface area contributed by atoms with Crippen LogP contribution in [0, 0.1) is 0 Å². The standard InChI is InChI=1S/C14H16ClN5OS/c1-8(13(21)17-11-6-5-10(15)7-16-11)22-14-19-18-12(20(14)2)9-3-4-9/h5-9H,3-4H2,1-2H3,(H,16,17,21)/t8-/m0/s1. The van der Waals surface area contributed by atoms with Crippen LogP contribution in [0.5, 0.6) is 0 Å². The van der Waals surface area contributed by atoms with Crippen LogP contribution in [-0.2, 0) is 11.8 Å². The maximum Gasteiger partial charge on any atom is 0.238 e. The first-order chi connectivity index (χ1) is 10.5. The Morgan fingerprint density at radius 1 is 1.45 bits per heavy atom. The van der Waals surface area contributed by atoms with Crippen LogP contribution in [-0.4, -0.2) is 30.9 Å². The Labute approximate surface area is 137 Å². The number of aromatic nitrogens is 4. The van der Waals surface area contributed by atoms with Gasteiger partial charge in [-0.05, 0) is 31.9 Å². The van der Waals surface area contributed by atoms with Crippen molar-refractivity contribution in [3.8, 4) is 0 Å². The summed E-state index contributed by atoms with van der Waals surface area (Å²) in [7, 11) is 1.95. The van der Waals surface area contributed by atoms with Gasteiger partial charge in [0.05, 0.1) is 10.3 Å². The Balaban J connectivity index is 1.62. The van der Waals surface area contributed by atoms with Crippen molar-refractivity contribution in [2.45, 2.75) is 36.1 Å².